The fourth-order valence-electron chi connectivity index (χ4n) is 2.20. The number of methoxy groups -OCH3 is 1. The van der Waals surface area contributed by atoms with Crippen molar-refractivity contribution in [2.24, 2.45) is 0 Å². The lowest BCUT2D eigenvalue weighted by Gasteiger charge is -2.14. The molecule has 0 unspecified atom stereocenters. The van der Waals surface area contributed by atoms with Gasteiger partial charge in [-0.15, -0.1) is 0 Å². The lowest BCUT2D eigenvalue weighted by atomic mass is 10.2. The molecule has 1 fully saturated rings. The second-order valence-electron chi connectivity index (χ2n) is 5.05. The topological polar surface area (TPSA) is 85.8 Å². The van der Waals surface area contributed by atoms with Gasteiger partial charge in [0, 0.05) is 6.08 Å². The zero-order valence-electron chi connectivity index (χ0n) is 13.0. The van der Waals surface area contributed by atoms with Crippen molar-refractivity contribution >= 4 is 46.2 Å². The lowest BCUT2D eigenvalue weighted by molar-refractivity contribution is -0.402. The van der Waals surface area contributed by atoms with Crippen LogP contribution in [0.2, 0.25) is 0 Å². The van der Waals surface area contributed by atoms with E-state index in [2.05, 4.69) is 0 Å². The summed E-state index contributed by atoms with van der Waals surface area (Å²) < 4.78 is 10.6. The number of hydrogen-bond donors (Lipinski definition) is 0. The first kappa shape index (κ1) is 17.2. The van der Waals surface area contributed by atoms with E-state index >= 15 is 0 Å². The Morgan fingerprint density at radius 2 is 2.04 bits per heavy atom. The number of furan rings is 1. The molecule has 0 aliphatic carbocycles. The highest BCUT2D eigenvalue weighted by molar-refractivity contribution is 8.26. The van der Waals surface area contributed by atoms with Gasteiger partial charge in [-0.05, 0) is 23.8 Å². The molecule has 3 rings (SSSR count). The van der Waals surface area contributed by atoms with E-state index in [1.165, 1.54) is 23.1 Å². The van der Waals surface area contributed by atoms with Crippen molar-refractivity contribution in [1.29, 1.82) is 0 Å². The molecule has 1 aromatic carbocycles. The van der Waals surface area contributed by atoms with E-state index in [0.29, 0.717) is 15.8 Å². The van der Waals surface area contributed by atoms with E-state index in [1.807, 2.05) is 24.3 Å². The van der Waals surface area contributed by atoms with Crippen LogP contribution >= 0.6 is 24.0 Å². The highest BCUT2D eigenvalue weighted by Gasteiger charge is 2.32. The molecule has 2 heterocycles. The van der Waals surface area contributed by atoms with E-state index in [1.54, 1.807) is 7.11 Å². The second-order valence-corrected chi connectivity index (χ2v) is 6.72. The van der Waals surface area contributed by atoms with Crippen LogP contribution in [0, 0.1) is 10.1 Å². The van der Waals surface area contributed by atoms with Crippen LogP contribution in [-0.4, -0.2) is 27.2 Å². The van der Waals surface area contributed by atoms with E-state index in [0.717, 1.165) is 23.1 Å². The number of carbonyl (C=O) groups excluding carboxylic acids is 1. The minimum Gasteiger partial charge on any atom is -0.497 e. The van der Waals surface area contributed by atoms with Gasteiger partial charge >= 0.3 is 5.88 Å². The first-order valence-corrected chi connectivity index (χ1v) is 8.33. The fraction of sp³-hybridized carbons (Fsp3) is 0.125. The molecule has 0 atom stereocenters. The molecule has 25 heavy (non-hydrogen) atoms. The highest BCUT2D eigenvalue weighted by atomic mass is 32.2. The van der Waals surface area contributed by atoms with E-state index in [-0.39, 0.29) is 17.6 Å². The summed E-state index contributed by atoms with van der Waals surface area (Å²) in [4.78, 5) is 24.4. The molecule has 2 aromatic rings. The smallest absolute Gasteiger partial charge is 0.433 e. The number of amides is 1. The molecule has 0 N–H and O–H groups in total. The molecular formula is C16H12N2O5S2. The maximum absolute atomic E-state index is 12.5. The Kier molecular flexibility index (Phi) is 4.86. The van der Waals surface area contributed by atoms with E-state index in [9.17, 15) is 14.9 Å². The van der Waals surface area contributed by atoms with Gasteiger partial charge in [-0.2, -0.15) is 0 Å². The third kappa shape index (κ3) is 3.72. The average molecular weight is 376 g/mol. The minimum absolute atomic E-state index is 0.233. The number of nitro groups is 1. The second kappa shape index (κ2) is 7.08. The van der Waals surface area contributed by atoms with Crippen molar-refractivity contribution in [2.45, 2.75) is 6.54 Å². The van der Waals surface area contributed by atoms with Gasteiger partial charge in [0.1, 0.15) is 20.8 Å². The Labute approximate surface area is 152 Å². The van der Waals surface area contributed by atoms with Crippen LogP contribution in [0.25, 0.3) is 6.08 Å². The first-order chi connectivity index (χ1) is 12.0. The molecule has 1 amide bonds. The van der Waals surface area contributed by atoms with Crippen molar-refractivity contribution < 1.29 is 18.9 Å². The summed E-state index contributed by atoms with van der Waals surface area (Å²) in [6.45, 7) is 0.338. The lowest BCUT2D eigenvalue weighted by Crippen LogP contribution is -2.27. The number of nitrogens with zero attached hydrogens (tertiary/aromatic N) is 2. The summed E-state index contributed by atoms with van der Waals surface area (Å²) in [5, 5.41) is 10.6. The number of thiocarbonyl (C=S) groups is 1. The molecule has 1 aliphatic heterocycles. The summed E-state index contributed by atoms with van der Waals surface area (Å²) >= 11 is 6.40. The maximum atomic E-state index is 12.5. The Hall–Kier alpha value is -2.65. The van der Waals surface area contributed by atoms with Crippen LogP contribution in [0.3, 0.4) is 0 Å². The van der Waals surface area contributed by atoms with Crippen LogP contribution in [0.4, 0.5) is 5.88 Å². The average Bonchev–Trinajstić information content (AvgIpc) is 3.16. The number of rotatable bonds is 5. The summed E-state index contributed by atoms with van der Waals surface area (Å²) in [7, 11) is 1.58. The quantitative estimate of drug-likeness (QED) is 0.341. The molecule has 128 valence electrons. The molecule has 7 nitrogen and oxygen atoms in total. The monoisotopic (exact) mass is 376 g/mol. The van der Waals surface area contributed by atoms with Crippen molar-refractivity contribution in [3.63, 3.8) is 0 Å². The predicted octanol–water partition coefficient (Wildman–Crippen LogP) is 3.60. The van der Waals surface area contributed by atoms with E-state index < -0.39 is 4.92 Å². The van der Waals surface area contributed by atoms with Gasteiger partial charge in [0.2, 0.25) is 0 Å². The minimum atomic E-state index is -0.633. The molecule has 0 radical (unpaired) electrons. The summed E-state index contributed by atoms with van der Waals surface area (Å²) in [5.74, 6) is 0.329. The Bertz CT molecular complexity index is 873. The summed E-state index contributed by atoms with van der Waals surface area (Å²) in [6.07, 6.45) is 1.46. The van der Waals surface area contributed by atoms with Gasteiger partial charge in [0.15, 0.2) is 0 Å². The summed E-state index contributed by atoms with van der Waals surface area (Å²) in [6, 6.07) is 10.0. The van der Waals surface area contributed by atoms with Gasteiger partial charge < -0.3 is 9.15 Å². The zero-order valence-corrected chi connectivity index (χ0v) is 14.6. The first-order valence-electron chi connectivity index (χ1n) is 7.10. The van der Waals surface area contributed by atoms with Crippen LogP contribution in [0.15, 0.2) is 45.7 Å². The normalized spacial score (nSPS) is 15.9. The van der Waals surface area contributed by atoms with Crippen molar-refractivity contribution in [3.8, 4) is 5.75 Å². The zero-order chi connectivity index (χ0) is 18.0. The highest BCUT2D eigenvalue weighted by Crippen LogP contribution is 2.34. The van der Waals surface area contributed by atoms with Crippen molar-refractivity contribution in [2.75, 3.05) is 7.11 Å². The largest absolute Gasteiger partial charge is 0.497 e. The van der Waals surface area contributed by atoms with Crippen LogP contribution in [0.5, 0.6) is 5.75 Å². The number of benzene rings is 1. The van der Waals surface area contributed by atoms with Crippen molar-refractivity contribution in [3.05, 3.63) is 62.7 Å². The molecule has 0 saturated carbocycles. The number of thioether (sulfide) groups is 1. The van der Waals surface area contributed by atoms with Crippen LogP contribution in [-0.2, 0) is 11.3 Å². The maximum Gasteiger partial charge on any atom is 0.433 e. The van der Waals surface area contributed by atoms with Crippen molar-refractivity contribution in [1.82, 2.24) is 4.90 Å². The third-order valence-corrected chi connectivity index (χ3v) is 4.82. The fourth-order valence-corrected chi connectivity index (χ4v) is 3.43. The molecule has 0 bridgehead atoms. The predicted molar refractivity (Wildman–Crippen MR) is 97.1 cm³/mol. The Morgan fingerprint density at radius 1 is 1.32 bits per heavy atom. The molecule has 0 spiro atoms. The van der Waals surface area contributed by atoms with Crippen LogP contribution in [0.1, 0.15) is 11.3 Å². The Balaban J connectivity index is 1.76. The molecular weight excluding hydrogens is 364 g/mol. The van der Waals surface area contributed by atoms with Gasteiger partial charge in [0.05, 0.1) is 24.6 Å². The van der Waals surface area contributed by atoms with Gasteiger partial charge in [0.25, 0.3) is 5.91 Å². The third-order valence-electron chi connectivity index (χ3n) is 3.44. The molecule has 1 saturated heterocycles. The number of ether oxygens (including phenoxy) is 1. The van der Waals surface area contributed by atoms with Gasteiger partial charge in [-0.25, -0.2) is 0 Å². The van der Waals surface area contributed by atoms with Gasteiger partial charge in [-0.3, -0.25) is 19.8 Å². The van der Waals surface area contributed by atoms with E-state index in [4.69, 9.17) is 21.4 Å². The van der Waals surface area contributed by atoms with Crippen LogP contribution < -0.4 is 4.74 Å². The number of carbonyl (C=O) groups is 1. The SMILES string of the molecule is COc1ccc(CN2C(=O)/C(=C\c3ccc([N+](=O)[O-])o3)SC2=S)cc1. The number of hydrogen-bond acceptors (Lipinski definition) is 7. The Morgan fingerprint density at radius 3 is 2.64 bits per heavy atom. The molecule has 1 aliphatic rings. The van der Waals surface area contributed by atoms with Gasteiger partial charge in [-0.1, -0.05) is 36.1 Å². The summed E-state index contributed by atoms with van der Waals surface area (Å²) in [5.41, 5.74) is 0.909. The molecule has 1 aromatic heterocycles. The molecule has 9 heteroatoms. The standard InChI is InChI=1S/C16H12N2O5S2/c1-22-11-4-2-10(3-5-11)9-17-15(19)13(25-16(17)24)8-12-6-7-14(23-12)18(20)21/h2-8H,9H2,1H3/b13-8+.